The van der Waals surface area contributed by atoms with Gasteiger partial charge in [0.1, 0.15) is 5.76 Å². The summed E-state index contributed by atoms with van der Waals surface area (Å²) >= 11 is 0. The maximum Gasteiger partial charge on any atom is 0.287 e. The van der Waals surface area contributed by atoms with Gasteiger partial charge in [0.2, 0.25) is 0 Å². The van der Waals surface area contributed by atoms with Gasteiger partial charge in [-0.15, -0.1) is 0 Å². The Kier molecular flexibility index (Phi) is 3.24. The molecular formula is C13H20N2O2. The number of carbonyl (C=O) groups is 1. The first-order valence-corrected chi connectivity index (χ1v) is 6.10. The van der Waals surface area contributed by atoms with E-state index in [4.69, 9.17) is 10.2 Å². The topological polar surface area (TPSA) is 68.3 Å². The van der Waals surface area contributed by atoms with Crippen LogP contribution in [0.4, 0.5) is 0 Å². The predicted octanol–water partition coefficient (Wildman–Crippen LogP) is 2.05. The quantitative estimate of drug-likeness (QED) is 0.844. The van der Waals surface area contributed by atoms with Gasteiger partial charge >= 0.3 is 0 Å². The molecule has 3 N–H and O–H groups in total. The standard InChI is InChI=1S/C13H20N2O2/c1-13(2)6-5-9(7-13)15-12(16)11-4-3-10(8-14)17-11/h3-4,9H,5-8,14H2,1-2H3,(H,15,16). The number of rotatable bonds is 3. The summed E-state index contributed by atoms with van der Waals surface area (Å²) in [5.74, 6) is 0.865. The van der Waals surface area contributed by atoms with E-state index in [1.165, 1.54) is 0 Å². The zero-order chi connectivity index (χ0) is 12.5. The van der Waals surface area contributed by atoms with Crippen LogP contribution in [0, 0.1) is 5.41 Å². The van der Waals surface area contributed by atoms with Gasteiger partial charge in [-0.2, -0.15) is 0 Å². The van der Waals surface area contributed by atoms with Crippen LogP contribution in [0.3, 0.4) is 0 Å². The van der Waals surface area contributed by atoms with Gasteiger partial charge in [0.05, 0.1) is 6.54 Å². The normalized spacial score (nSPS) is 22.6. The molecule has 4 nitrogen and oxygen atoms in total. The van der Waals surface area contributed by atoms with Crippen molar-refractivity contribution in [1.29, 1.82) is 0 Å². The summed E-state index contributed by atoms with van der Waals surface area (Å²) in [6.07, 6.45) is 3.23. The minimum Gasteiger partial charge on any atom is -0.455 e. The second-order valence-electron chi connectivity index (χ2n) is 5.55. The summed E-state index contributed by atoms with van der Waals surface area (Å²) < 4.78 is 5.32. The summed E-state index contributed by atoms with van der Waals surface area (Å²) in [5.41, 5.74) is 5.77. The molecule has 1 saturated carbocycles. The minimum absolute atomic E-state index is 0.132. The van der Waals surface area contributed by atoms with E-state index in [0.29, 0.717) is 23.5 Å². The number of carbonyl (C=O) groups excluding carboxylic acids is 1. The van der Waals surface area contributed by atoms with Crippen LogP contribution in [0.15, 0.2) is 16.5 Å². The molecule has 0 aromatic carbocycles. The Morgan fingerprint density at radius 3 is 2.88 bits per heavy atom. The Morgan fingerprint density at radius 1 is 1.59 bits per heavy atom. The van der Waals surface area contributed by atoms with E-state index >= 15 is 0 Å². The van der Waals surface area contributed by atoms with Crippen molar-refractivity contribution in [1.82, 2.24) is 5.32 Å². The average molecular weight is 236 g/mol. The molecule has 0 aliphatic heterocycles. The van der Waals surface area contributed by atoms with Crippen LogP contribution >= 0.6 is 0 Å². The lowest BCUT2D eigenvalue weighted by molar-refractivity contribution is 0.0906. The summed E-state index contributed by atoms with van der Waals surface area (Å²) in [7, 11) is 0. The monoisotopic (exact) mass is 236 g/mol. The first-order valence-electron chi connectivity index (χ1n) is 6.10. The molecule has 94 valence electrons. The highest BCUT2D eigenvalue weighted by Crippen LogP contribution is 2.36. The van der Waals surface area contributed by atoms with Crippen LogP contribution in [-0.4, -0.2) is 11.9 Å². The Hall–Kier alpha value is -1.29. The SMILES string of the molecule is CC1(C)CCC(NC(=O)c2ccc(CN)o2)C1. The van der Waals surface area contributed by atoms with Gasteiger partial charge < -0.3 is 15.5 Å². The van der Waals surface area contributed by atoms with Gasteiger partial charge in [-0.05, 0) is 36.8 Å². The molecule has 1 aromatic rings. The average Bonchev–Trinajstić information content (AvgIpc) is 2.85. The maximum absolute atomic E-state index is 11.9. The van der Waals surface area contributed by atoms with E-state index in [2.05, 4.69) is 19.2 Å². The van der Waals surface area contributed by atoms with Crippen molar-refractivity contribution in [2.75, 3.05) is 0 Å². The fourth-order valence-corrected chi connectivity index (χ4v) is 2.43. The van der Waals surface area contributed by atoms with E-state index in [0.717, 1.165) is 19.3 Å². The molecule has 1 atom stereocenters. The van der Waals surface area contributed by atoms with E-state index in [1.807, 2.05) is 0 Å². The van der Waals surface area contributed by atoms with Crippen molar-refractivity contribution in [3.8, 4) is 0 Å². The minimum atomic E-state index is -0.132. The van der Waals surface area contributed by atoms with E-state index in [1.54, 1.807) is 12.1 Å². The molecular weight excluding hydrogens is 216 g/mol. The second-order valence-corrected chi connectivity index (χ2v) is 5.55. The molecule has 1 fully saturated rings. The molecule has 1 aliphatic carbocycles. The third-order valence-corrected chi connectivity index (χ3v) is 3.39. The number of hydrogen-bond donors (Lipinski definition) is 2. The van der Waals surface area contributed by atoms with E-state index in [9.17, 15) is 4.79 Å². The van der Waals surface area contributed by atoms with Crippen molar-refractivity contribution < 1.29 is 9.21 Å². The Balaban J connectivity index is 1.93. The lowest BCUT2D eigenvalue weighted by Gasteiger charge is -2.17. The van der Waals surface area contributed by atoms with Crippen LogP contribution in [0.1, 0.15) is 49.4 Å². The third-order valence-electron chi connectivity index (χ3n) is 3.39. The van der Waals surface area contributed by atoms with Crippen LogP contribution < -0.4 is 11.1 Å². The van der Waals surface area contributed by atoms with Crippen molar-refractivity contribution in [2.45, 2.75) is 45.7 Å². The molecule has 1 heterocycles. The summed E-state index contributed by atoms with van der Waals surface area (Å²) in [6, 6.07) is 3.69. The fraction of sp³-hybridized carbons (Fsp3) is 0.615. The van der Waals surface area contributed by atoms with Crippen LogP contribution in [0.5, 0.6) is 0 Å². The lowest BCUT2D eigenvalue weighted by atomic mass is 9.92. The van der Waals surface area contributed by atoms with Gasteiger partial charge in [-0.3, -0.25) is 4.79 Å². The largest absolute Gasteiger partial charge is 0.455 e. The predicted molar refractivity (Wildman–Crippen MR) is 65.5 cm³/mol. The summed E-state index contributed by atoms with van der Waals surface area (Å²) in [5, 5.41) is 3.01. The molecule has 1 aliphatic rings. The Morgan fingerprint density at radius 2 is 2.35 bits per heavy atom. The second kappa shape index (κ2) is 4.53. The molecule has 2 rings (SSSR count). The molecule has 0 radical (unpaired) electrons. The van der Waals surface area contributed by atoms with Crippen molar-refractivity contribution >= 4 is 5.91 Å². The number of amides is 1. The molecule has 1 amide bonds. The van der Waals surface area contributed by atoms with Crippen molar-refractivity contribution in [2.24, 2.45) is 11.1 Å². The Labute approximate surface area is 102 Å². The molecule has 1 unspecified atom stereocenters. The number of furan rings is 1. The highest BCUT2D eigenvalue weighted by Gasteiger charge is 2.32. The van der Waals surface area contributed by atoms with Gasteiger partial charge in [0.25, 0.3) is 5.91 Å². The number of hydrogen-bond acceptors (Lipinski definition) is 3. The third kappa shape index (κ3) is 2.88. The van der Waals surface area contributed by atoms with Gasteiger partial charge in [-0.1, -0.05) is 13.8 Å². The molecule has 1 aromatic heterocycles. The Bertz CT molecular complexity index is 409. The van der Waals surface area contributed by atoms with Gasteiger partial charge in [0.15, 0.2) is 5.76 Å². The molecule has 0 spiro atoms. The van der Waals surface area contributed by atoms with Crippen LogP contribution in [0.2, 0.25) is 0 Å². The maximum atomic E-state index is 11.9. The fourth-order valence-electron chi connectivity index (χ4n) is 2.43. The van der Waals surface area contributed by atoms with E-state index in [-0.39, 0.29) is 11.9 Å². The molecule has 0 saturated heterocycles. The summed E-state index contributed by atoms with van der Waals surface area (Å²) in [6.45, 7) is 4.79. The van der Waals surface area contributed by atoms with Gasteiger partial charge in [-0.25, -0.2) is 0 Å². The van der Waals surface area contributed by atoms with Crippen LogP contribution in [-0.2, 0) is 6.54 Å². The van der Waals surface area contributed by atoms with Crippen LogP contribution in [0.25, 0.3) is 0 Å². The van der Waals surface area contributed by atoms with E-state index < -0.39 is 0 Å². The van der Waals surface area contributed by atoms with Crippen molar-refractivity contribution in [3.63, 3.8) is 0 Å². The first-order chi connectivity index (χ1) is 8.00. The molecule has 4 heteroatoms. The first kappa shape index (κ1) is 12.2. The van der Waals surface area contributed by atoms with Gasteiger partial charge in [0, 0.05) is 6.04 Å². The van der Waals surface area contributed by atoms with Crippen molar-refractivity contribution in [3.05, 3.63) is 23.7 Å². The zero-order valence-corrected chi connectivity index (χ0v) is 10.5. The molecule has 0 bridgehead atoms. The smallest absolute Gasteiger partial charge is 0.287 e. The number of nitrogens with two attached hydrogens (primary N) is 1. The highest BCUT2D eigenvalue weighted by molar-refractivity contribution is 5.91. The molecule has 17 heavy (non-hydrogen) atoms. The summed E-state index contributed by atoms with van der Waals surface area (Å²) in [4.78, 5) is 11.9. The number of nitrogens with one attached hydrogen (secondary N) is 1. The highest BCUT2D eigenvalue weighted by atomic mass is 16.4. The zero-order valence-electron chi connectivity index (χ0n) is 10.5. The lowest BCUT2D eigenvalue weighted by Crippen LogP contribution is -2.33.